The number of esters is 1. The van der Waals surface area contributed by atoms with Crippen molar-refractivity contribution in [2.24, 2.45) is 5.41 Å². The molecule has 0 fully saturated rings. The molecule has 2 nitrogen and oxygen atoms in total. The second-order valence-corrected chi connectivity index (χ2v) is 10.6. The van der Waals surface area contributed by atoms with E-state index in [9.17, 15) is 4.79 Å². The van der Waals surface area contributed by atoms with Crippen LogP contribution in [-0.2, 0) is 15.1 Å². The Morgan fingerprint density at radius 1 is 0.767 bits per heavy atom. The van der Waals surface area contributed by atoms with Gasteiger partial charge < -0.3 is 4.74 Å². The summed E-state index contributed by atoms with van der Waals surface area (Å²) in [5, 5.41) is 1.30. The zero-order valence-electron chi connectivity index (χ0n) is 18.2. The van der Waals surface area contributed by atoms with E-state index in [4.69, 9.17) is 4.74 Å². The summed E-state index contributed by atoms with van der Waals surface area (Å²) < 4.78 is 6.44. The maximum absolute atomic E-state index is 13.1. The van der Waals surface area contributed by atoms with Crippen LogP contribution in [0.3, 0.4) is 0 Å². The number of carbonyl (C=O) groups excluding carboxylic acids is 1. The normalized spacial score (nSPS) is 12.5. The van der Waals surface area contributed by atoms with Crippen molar-refractivity contribution in [1.29, 1.82) is 0 Å². The van der Waals surface area contributed by atoms with Gasteiger partial charge in [-0.05, 0) is 32.7 Å². The Labute approximate surface area is 184 Å². The Morgan fingerprint density at radius 2 is 1.17 bits per heavy atom. The molecule has 0 aliphatic heterocycles. The van der Waals surface area contributed by atoms with E-state index in [1.54, 1.807) is 0 Å². The summed E-state index contributed by atoms with van der Waals surface area (Å²) in [4.78, 5) is 13.1. The molecule has 3 radical (unpaired) electrons. The van der Waals surface area contributed by atoms with Gasteiger partial charge in [-0.2, -0.15) is 0 Å². The van der Waals surface area contributed by atoms with Gasteiger partial charge in [0.1, 0.15) is 0 Å². The summed E-state index contributed by atoms with van der Waals surface area (Å²) >= 11 is 0. The molecule has 0 aromatic heterocycles. The summed E-state index contributed by atoms with van der Waals surface area (Å²) in [6, 6.07) is 30.8. The van der Waals surface area contributed by atoms with Crippen LogP contribution in [0.25, 0.3) is 0 Å². The highest BCUT2D eigenvalue weighted by Crippen LogP contribution is 2.45. The van der Waals surface area contributed by atoms with Crippen molar-refractivity contribution in [3.63, 3.8) is 0 Å². The molecule has 3 rings (SSSR count). The molecule has 0 aliphatic carbocycles. The SMILES string of the molecule is C[P@](CC(OC(=O)C(C)(C)C)(c1ccccc1)c1ccccc1)c1ccccc1.[B]. The van der Waals surface area contributed by atoms with Crippen LogP contribution in [0.4, 0.5) is 0 Å². The summed E-state index contributed by atoms with van der Waals surface area (Å²) in [5.41, 5.74) is 0.601. The van der Waals surface area contributed by atoms with Crippen LogP contribution in [0, 0.1) is 5.41 Å². The van der Waals surface area contributed by atoms with E-state index < -0.39 is 18.9 Å². The van der Waals surface area contributed by atoms with E-state index in [0.717, 1.165) is 17.3 Å². The van der Waals surface area contributed by atoms with Crippen LogP contribution in [0.2, 0.25) is 0 Å². The Hall–Kier alpha value is -2.38. The Morgan fingerprint density at radius 3 is 1.57 bits per heavy atom. The molecular formula is C26H29BO2P. The van der Waals surface area contributed by atoms with Gasteiger partial charge in [0.25, 0.3) is 0 Å². The third kappa shape index (κ3) is 5.40. The molecule has 3 aromatic rings. The average molecular weight is 415 g/mol. The maximum atomic E-state index is 13.1. The molecule has 4 heteroatoms. The summed E-state index contributed by atoms with van der Waals surface area (Å²) in [6.07, 6.45) is 0.724. The van der Waals surface area contributed by atoms with Crippen molar-refractivity contribution in [1.82, 2.24) is 0 Å². The van der Waals surface area contributed by atoms with Gasteiger partial charge in [-0.25, -0.2) is 0 Å². The minimum absolute atomic E-state index is 0. The molecule has 0 aliphatic rings. The Bertz CT molecular complexity index is 882. The smallest absolute Gasteiger partial charge is 0.312 e. The van der Waals surface area contributed by atoms with E-state index in [1.807, 2.05) is 63.2 Å². The minimum atomic E-state index is -0.830. The van der Waals surface area contributed by atoms with Crippen LogP contribution >= 0.6 is 7.92 Å². The highest BCUT2D eigenvalue weighted by molar-refractivity contribution is 7.64. The predicted molar refractivity (Wildman–Crippen MR) is 129 cm³/mol. The lowest BCUT2D eigenvalue weighted by atomic mass is 9.86. The molecule has 1 atom stereocenters. The van der Waals surface area contributed by atoms with Crippen molar-refractivity contribution in [3.8, 4) is 0 Å². The standard InChI is InChI=1S/C26H29O2P.B/c1-25(2,3)24(27)28-26(21-14-8-5-9-15-21,22-16-10-6-11-17-22)20-29(4)23-18-12-7-13-19-23;/h5-19H,20H2,1-4H3;/t29-;/m1./s1. The topological polar surface area (TPSA) is 26.3 Å². The summed E-state index contributed by atoms with van der Waals surface area (Å²) in [5.74, 6) is -0.193. The van der Waals surface area contributed by atoms with Gasteiger partial charge in [0, 0.05) is 25.7 Å². The molecule has 3 aromatic carbocycles. The molecule has 30 heavy (non-hydrogen) atoms. The van der Waals surface area contributed by atoms with Gasteiger partial charge in [-0.1, -0.05) is 98.9 Å². The molecule has 0 saturated carbocycles. The Kier molecular flexibility index (Phi) is 8.04. The van der Waals surface area contributed by atoms with E-state index in [2.05, 4.69) is 55.2 Å². The van der Waals surface area contributed by atoms with Crippen LogP contribution in [-0.4, -0.2) is 27.2 Å². The van der Waals surface area contributed by atoms with Crippen molar-refractivity contribution < 1.29 is 9.53 Å². The lowest BCUT2D eigenvalue weighted by Crippen LogP contribution is -2.41. The van der Waals surface area contributed by atoms with E-state index in [0.29, 0.717) is 0 Å². The van der Waals surface area contributed by atoms with E-state index >= 15 is 0 Å². The first-order chi connectivity index (χ1) is 13.8. The highest BCUT2D eigenvalue weighted by Gasteiger charge is 2.42. The first kappa shape index (κ1) is 23.9. The maximum Gasteiger partial charge on any atom is 0.312 e. The van der Waals surface area contributed by atoms with Gasteiger partial charge in [0.05, 0.1) is 5.41 Å². The highest BCUT2D eigenvalue weighted by atomic mass is 31.1. The fourth-order valence-electron chi connectivity index (χ4n) is 3.33. The zero-order valence-corrected chi connectivity index (χ0v) is 19.1. The van der Waals surface area contributed by atoms with Crippen LogP contribution < -0.4 is 5.30 Å². The van der Waals surface area contributed by atoms with Gasteiger partial charge in [0.2, 0.25) is 0 Å². The number of hydrogen-bond donors (Lipinski definition) is 0. The van der Waals surface area contributed by atoms with Crippen molar-refractivity contribution in [2.45, 2.75) is 26.4 Å². The van der Waals surface area contributed by atoms with Crippen LogP contribution in [0.5, 0.6) is 0 Å². The molecule has 0 spiro atoms. The minimum Gasteiger partial charge on any atom is -0.448 e. The van der Waals surface area contributed by atoms with Gasteiger partial charge in [-0.15, -0.1) is 0 Å². The monoisotopic (exact) mass is 415 g/mol. The molecule has 0 heterocycles. The molecule has 0 unspecified atom stereocenters. The predicted octanol–water partition coefficient (Wildman–Crippen LogP) is 5.58. The van der Waals surface area contributed by atoms with Crippen LogP contribution in [0.15, 0.2) is 91.0 Å². The lowest BCUT2D eigenvalue weighted by molar-refractivity contribution is -0.164. The average Bonchev–Trinajstić information content (AvgIpc) is 2.74. The van der Waals surface area contributed by atoms with Crippen molar-refractivity contribution in [3.05, 3.63) is 102 Å². The number of rotatable bonds is 6. The van der Waals surface area contributed by atoms with Crippen LogP contribution in [0.1, 0.15) is 31.9 Å². The van der Waals surface area contributed by atoms with Gasteiger partial charge in [-0.3, -0.25) is 4.79 Å². The third-order valence-corrected chi connectivity index (χ3v) is 7.12. The summed E-state index contributed by atoms with van der Waals surface area (Å²) in [6.45, 7) is 7.97. The van der Waals surface area contributed by atoms with E-state index in [1.165, 1.54) is 5.30 Å². The quantitative estimate of drug-likeness (QED) is 0.299. The molecule has 0 bridgehead atoms. The van der Waals surface area contributed by atoms with Gasteiger partial charge >= 0.3 is 5.97 Å². The Balaban J connectivity index is 0.00000320. The van der Waals surface area contributed by atoms with E-state index in [-0.39, 0.29) is 14.4 Å². The molecule has 153 valence electrons. The fraction of sp³-hybridized carbons (Fsp3) is 0.269. The second-order valence-electron chi connectivity index (χ2n) is 8.39. The number of hydrogen-bond acceptors (Lipinski definition) is 2. The first-order valence-corrected chi connectivity index (χ1v) is 11.9. The van der Waals surface area contributed by atoms with Crippen molar-refractivity contribution >= 4 is 27.6 Å². The first-order valence-electron chi connectivity index (χ1n) is 9.94. The fourth-order valence-corrected chi connectivity index (χ4v) is 5.29. The molecule has 0 amide bonds. The molecule has 0 N–H and O–H groups in total. The number of benzene rings is 3. The van der Waals surface area contributed by atoms with Gasteiger partial charge in [0.15, 0.2) is 5.60 Å². The number of carbonyl (C=O) groups is 1. The largest absolute Gasteiger partial charge is 0.448 e. The van der Waals surface area contributed by atoms with Crippen molar-refractivity contribution in [2.75, 3.05) is 12.8 Å². The number of ether oxygens (including phenoxy) is 1. The molecule has 0 saturated heterocycles. The zero-order chi connectivity index (χ0) is 20.9. The lowest BCUT2D eigenvalue weighted by Gasteiger charge is -2.38. The second kappa shape index (κ2) is 10.1. The third-order valence-electron chi connectivity index (χ3n) is 5.02. The molecular weight excluding hydrogens is 386 g/mol. The summed E-state index contributed by atoms with van der Waals surface area (Å²) in [7, 11) is -0.555.